The number of phenolic OH excluding ortho intramolecular Hbond substituents is 2. The standard InChI is InChI=1S/C9H12ClNO2/c1-4-6(10)3-7(12)9(13)8(4)5(2)11/h3,5,12-13H,11H2,1-2H3. The molecule has 1 aromatic rings. The smallest absolute Gasteiger partial charge is 0.162 e. The van der Waals surface area contributed by atoms with Crippen LogP contribution in [0.4, 0.5) is 0 Å². The first-order valence-corrected chi connectivity index (χ1v) is 4.29. The highest BCUT2D eigenvalue weighted by Gasteiger charge is 2.16. The van der Waals surface area contributed by atoms with Crippen molar-refractivity contribution in [1.82, 2.24) is 0 Å². The van der Waals surface area contributed by atoms with Gasteiger partial charge in [-0.2, -0.15) is 0 Å². The SMILES string of the molecule is Cc1c(Cl)cc(O)c(O)c1C(C)N. The van der Waals surface area contributed by atoms with Crippen molar-refractivity contribution in [2.45, 2.75) is 19.9 Å². The van der Waals surface area contributed by atoms with E-state index in [9.17, 15) is 10.2 Å². The Hall–Kier alpha value is -0.930. The Labute approximate surface area is 81.8 Å². The molecule has 1 aromatic carbocycles. The van der Waals surface area contributed by atoms with Crippen molar-refractivity contribution >= 4 is 11.6 Å². The zero-order chi connectivity index (χ0) is 10.2. The lowest BCUT2D eigenvalue weighted by molar-refractivity contribution is 0.396. The summed E-state index contributed by atoms with van der Waals surface area (Å²) in [6, 6.07) is 0.947. The number of benzene rings is 1. The number of rotatable bonds is 1. The molecule has 0 spiro atoms. The van der Waals surface area contributed by atoms with E-state index < -0.39 is 0 Å². The first-order chi connectivity index (χ1) is 5.95. The van der Waals surface area contributed by atoms with E-state index in [2.05, 4.69) is 0 Å². The van der Waals surface area contributed by atoms with Crippen LogP contribution < -0.4 is 5.73 Å². The summed E-state index contributed by atoms with van der Waals surface area (Å²) in [5.41, 5.74) is 6.82. The van der Waals surface area contributed by atoms with Crippen molar-refractivity contribution in [3.63, 3.8) is 0 Å². The molecule has 0 radical (unpaired) electrons. The van der Waals surface area contributed by atoms with Gasteiger partial charge in [0.15, 0.2) is 11.5 Å². The molecule has 0 aliphatic carbocycles. The molecule has 72 valence electrons. The minimum Gasteiger partial charge on any atom is -0.504 e. The van der Waals surface area contributed by atoms with Crippen molar-refractivity contribution < 1.29 is 10.2 Å². The molecular formula is C9H12ClNO2. The first kappa shape index (κ1) is 10.2. The van der Waals surface area contributed by atoms with Gasteiger partial charge in [0, 0.05) is 22.7 Å². The van der Waals surface area contributed by atoms with E-state index in [4.69, 9.17) is 17.3 Å². The largest absolute Gasteiger partial charge is 0.504 e. The molecule has 4 N–H and O–H groups in total. The van der Waals surface area contributed by atoms with Crippen LogP contribution in [0.5, 0.6) is 11.5 Å². The van der Waals surface area contributed by atoms with E-state index in [-0.39, 0.29) is 17.5 Å². The minimum atomic E-state index is -0.357. The maximum absolute atomic E-state index is 9.48. The topological polar surface area (TPSA) is 66.5 Å². The van der Waals surface area contributed by atoms with Crippen molar-refractivity contribution in [1.29, 1.82) is 0 Å². The normalized spacial score (nSPS) is 12.9. The van der Waals surface area contributed by atoms with E-state index in [0.717, 1.165) is 0 Å². The molecule has 13 heavy (non-hydrogen) atoms. The molecule has 0 heterocycles. The second-order valence-electron chi connectivity index (χ2n) is 3.05. The van der Waals surface area contributed by atoms with Crippen molar-refractivity contribution in [3.05, 3.63) is 22.2 Å². The van der Waals surface area contributed by atoms with Gasteiger partial charge in [0.25, 0.3) is 0 Å². The van der Waals surface area contributed by atoms with Gasteiger partial charge in [0.1, 0.15) is 0 Å². The average molecular weight is 202 g/mol. The molecule has 0 aliphatic rings. The number of nitrogens with two attached hydrogens (primary N) is 1. The molecule has 0 amide bonds. The van der Waals surface area contributed by atoms with Gasteiger partial charge in [0.05, 0.1) is 0 Å². The van der Waals surface area contributed by atoms with Crippen LogP contribution in [-0.4, -0.2) is 10.2 Å². The Kier molecular flexibility index (Phi) is 2.68. The van der Waals surface area contributed by atoms with Gasteiger partial charge < -0.3 is 15.9 Å². The number of hydrogen-bond donors (Lipinski definition) is 3. The van der Waals surface area contributed by atoms with Crippen molar-refractivity contribution in [2.75, 3.05) is 0 Å². The van der Waals surface area contributed by atoms with Gasteiger partial charge in [-0.1, -0.05) is 11.6 Å². The van der Waals surface area contributed by atoms with Crippen LogP contribution in [0.3, 0.4) is 0 Å². The van der Waals surface area contributed by atoms with Gasteiger partial charge in [-0.3, -0.25) is 0 Å². The average Bonchev–Trinajstić information content (AvgIpc) is 2.01. The Morgan fingerprint density at radius 1 is 1.46 bits per heavy atom. The molecule has 0 saturated heterocycles. The lowest BCUT2D eigenvalue weighted by Gasteiger charge is -2.14. The van der Waals surface area contributed by atoms with Crippen LogP contribution in [0.1, 0.15) is 24.1 Å². The molecule has 0 saturated carbocycles. The number of hydrogen-bond acceptors (Lipinski definition) is 3. The fourth-order valence-corrected chi connectivity index (χ4v) is 1.50. The highest BCUT2D eigenvalue weighted by atomic mass is 35.5. The van der Waals surface area contributed by atoms with Crippen molar-refractivity contribution in [3.8, 4) is 11.5 Å². The van der Waals surface area contributed by atoms with E-state index >= 15 is 0 Å². The third kappa shape index (κ3) is 1.71. The van der Waals surface area contributed by atoms with Gasteiger partial charge in [-0.05, 0) is 19.4 Å². The lowest BCUT2D eigenvalue weighted by atomic mass is 10.0. The maximum atomic E-state index is 9.48. The minimum absolute atomic E-state index is 0.183. The Morgan fingerprint density at radius 2 is 2.00 bits per heavy atom. The number of phenols is 2. The third-order valence-electron chi connectivity index (χ3n) is 1.98. The van der Waals surface area contributed by atoms with E-state index in [1.54, 1.807) is 13.8 Å². The molecule has 3 nitrogen and oxygen atoms in total. The fraction of sp³-hybridized carbons (Fsp3) is 0.333. The van der Waals surface area contributed by atoms with E-state index in [0.29, 0.717) is 16.1 Å². The van der Waals surface area contributed by atoms with E-state index in [1.165, 1.54) is 6.07 Å². The summed E-state index contributed by atoms with van der Waals surface area (Å²) in [4.78, 5) is 0. The summed E-state index contributed by atoms with van der Waals surface area (Å²) in [7, 11) is 0. The number of aromatic hydroxyl groups is 2. The van der Waals surface area contributed by atoms with Gasteiger partial charge in [-0.25, -0.2) is 0 Å². The fourth-order valence-electron chi connectivity index (χ4n) is 1.30. The molecule has 1 rings (SSSR count). The van der Waals surface area contributed by atoms with Gasteiger partial charge >= 0.3 is 0 Å². The summed E-state index contributed by atoms with van der Waals surface area (Å²) in [5, 5.41) is 19.2. The summed E-state index contributed by atoms with van der Waals surface area (Å²) in [6.45, 7) is 3.47. The second kappa shape index (κ2) is 3.44. The van der Waals surface area contributed by atoms with Crippen LogP contribution in [0.25, 0.3) is 0 Å². The maximum Gasteiger partial charge on any atom is 0.162 e. The molecular weight excluding hydrogens is 190 g/mol. The summed E-state index contributed by atoms with van der Waals surface area (Å²) in [5.74, 6) is -0.417. The lowest BCUT2D eigenvalue weighted by Crippen LogP contribution is -2.07. The zero-order valence-corrected chi connectivity index (χ0v) is 8.26. The van der Waals surface area contributed by atoms with Crippen LogP contribution in [0.15, 0.2) is 6.07 Å². The molecule has 0 aromatic heterocycles. The van der Waals surface area contributed by atoms with Crippen LogP contribution in [0.2, 0.25) is 5.02 Å². The van der Waals surface area contributed by atoms with Gasteiger partial charge in [0.2, 0.25) is 0 Å². The van der Waals surface area contributed by atoms with Crippen molar-refractivity contribution in [2.24, 2.45) is 5.73 Å². The first-order valence-electron chi connectivity index (χ1n) is 3.91. The zero-order valence-electron chi connectivity index (χ0n) is 7.50. The van der Waals surface area contributed by atoms with Crippen LogP contribution >= 0.6 is 11.6 Å². The predicted octanol–water partition coefficient (Wildman–Crippen LogP) is 2.08. The summed E-state index contributed by atoms with van der Waals surface area (Å²) < 4.78 is 0. The molecule has 0 fully saturated rings. The Balaban J connectivity index is 3.46. The molecule has 0 aliphatic heterocycles. The highest BCUT2D eigenvalue weighted by molar-refractivity contribution is 6.31. The Morgan fingerprint density at radius 3 is 2.46 bits per heavy atom. The van der Waals surface area contributed by atoms with Crippen LogP contribution in [-0.2, 0) is 0 Å². The second-order valence-corrected chi connectivity index (χ2v) is 3.46. The quantitative estimate of drug-likeness (QED) is 0.610. The third-order valence-corrected chi connectivity index (χ3v) is 2.37. The molecule has 4 heteroatoms. The molecule has 1 unspecified atom stereocenters. The highest BCUT2D eigenvalue weighted by Crippen LogP contribution is 2.38. The molecule has 0 bridgehead atoms. The predicted molar refractivity (Wildman–Crippen MR) is 52.1 cm³/mol. The molecule has 1 atom stereocenters. The Bertz CT molecular complexity index is 311. The monoisotopic (exact) mass is 201 g/mol. The van der Waals surface area contributed by atoms with E-state index in [1.807, 2.05) is 0 Å². The summed E-state index contributed by atoms with van der Waals surface area (Å²) in [6.07, 6.45) is 0. The van der Waals surface area contributed by atoms with Crippen LogP contribution in [0, 0.1) is 6.92 Å². The van der Waals surface area contributed by atoms with Gasteiger partial charge in [-0.15, -0.1) is 0 Å². The number of halogens is 1. The summed E-state index contributed by atoms with van der Waals surface area (Å²) >= 11 is 5.81.